The molecule has 0 radical (unpaired) electrons. The molecule has 0 aliphatic carbocycles. The Morgan fingerprint density at radius 1 is 0.833 bits per heavy atom. The van der Waals surface area contributed by atoms with Gasteiger partial charge in [0.1, 0.15) is 13.2 Å². The molecule has 0 bridgehead atoms. The number of nitrogens with one attached hydrogen (secondary N) is 2. The van der Waals surface area contributed by atoms with Crippen molar-refractivity contribution in [2.75, 3.05) is 38.1 Å². The average Bonchev–Trinajstić information content (AvgIpc) is 2.47. The molecular formula is C14H16N2O8. The van der Waals surface area contributed by atoms with E-state index >= 15 is 0 Å². The lowest BCUT2D eigenvalue weighted by atomic mass is 10.1. The fourth-order valence-electron chi connectivity index (χ4n) is 1.80. The van der Waals surface area contributed by atoms with Crippen LogP contribution >= 0.6 is 0 Å². The topological polar surface area (TPSA) is 151 Å². The maximum absolute atomic E-state index is 11.6. The molecule has 1 rings (SSSR count). The molecule has 2 amide bonds. The summed E-state index contributed by atoms with van der Waals surface area (Å²) in [6, 6.07) is 1.89. The molecule has 10 heteroatoms. The van der Waals surface area contributed by atoms with Crippen molar-refractivity contribution in [2.45, 2.75) is 0 Å². The van der Waals surface area contributed by atoms with Gasteiger partial charge in [-0.05, 0) is 12.1 Å². The number of aromatic carboxylic acids is 2. The van der Waals surface area contributed by atoms with Crippen LogP contribution in [0.1, 0.15) is 20.7 Å². The molecule has 0 aliphatic rings. The summed E-state index contributed by atoms with van der Waals surface area (Å²) >= 11 is 0. The van der Waals surface area contributed by atoms with E-state index in [4.69, 9.17) is 0 Å². The number of benzene rings is 1. The van der Waals surface area contributed by atoms with Gasteiger partial charge in [-0.25, -0.2) is 9.59 Å². The summed E-state index contributed by atoms with van der Waals surface area (Å²) in [6.07, 6.45) is 0. The maximum Gasteiger partial charge on any atom is 0.337 e. The van der Waals surface area contributed by atoms with Gasteiger partial charge in [0.15, 0.2) is 0 Å². The van der Waals surface area contributed by atoms with E-state index in [0.717, 1.165) is 12.1 Å². The Morgan fingerprint density at radius 2 is 1.21 bits per heavy atom. The average molecular weight is 340 g/mol. The number of carboxylic acids is 2. The third-order valence-corrected chi connectivity index (χ3v) is 2.72. The van der Waals surface area contributed by atoms with Gasteiger partial charge in [0.05, 0.1) is 22.5 Å². The van der Waals surface area contributed by atoms with Crippen LogP contribution in [0.15, 0.2) is 12.1 Å². The molecule has 0 aliphatic heterocycles. The summed E-state index contributed by atoms with van der Waals surface area (Å²) in [7, 11) is 2.56. The highest BCUT2D eigenvalue weighted by atomic mass is 16.5. The van der Waals surface area contributed by atoms with Crippen molar-refractivity contribution >= 4 is 35.1 Å². The van der Waals surface area contributed by atoms with E-state index in [-0.39, 0.29) is 24.6 Å². The Labute approximate surface area is 136 Å². The number of methoxy groups -OCH3 is 2. The van der Waals surface area contributed by atoms with Crippen LogP contribution in [0, 0.1) is 0 Å². The van der Waals surface area contributed by atoms with Crippen LogP contribution in [-0.2, 0) is 19.1 Å². The second-order valence-corrected chi connectivity index (χ2v) is 4.52. The van der Waals surface area contributed by atoms with Crippen molar-refractivity contribution in [3.8, 4) is 0 Å². The van der Waals surface area contributed by atoms with Crippen molar-refractivity contribution in [3.05, 3.63) is 23.3 Å². The normalized spacial score (nSPS) is 10.1. The first kappa shape index (κ1) is 19.1. The Balaban J connectivity index is 3.34. The van der Waals surface area contributed by atoms with Gasteiger partial charge in [-0.3, -0.25) is 9.59 Å². The van der Waals surface area contributed by atoms with Crippen molar-refractivity contribution in [2.24, 2.45) is 0 Å². The number of carbonyl (C=O) groups excluding carboxylic acids is 2. The van der Waals surface area contributed by atoms with Crippen LogP contribution in [-0.4, -0.2) is 61.4 Å². The fourth-order valence-corrected chi connectivity index (χ4v) is 1.80. The number of hydrogen-bond acceptors (Lipinski definition) is 6. The van der Waals surface area contributed by atoms with Gasteiger partial charge in [-0.2, -0.15) is 0 Å². The highest BCUT2D eigenvalue weighted by Crippen LogP contribution is 2.26. The van der Waals surface area contributed by atoms with Crippen LogP contribution in [0.4, 0.5) is 11.4 Å². The molecular weight excluding hydrogens is 324 g/mol. The molecule has 0 unspecified atom stereocenters. The molecule has 10 nitrogen and oxygen atoms in total. The lowest BCUT2D eigenvalue weighted by Gasteiger charge is -2.14. The SMILES string of the molecule is COCC(=O)Nc1cc(NC(=O)COC)c(C(=O)O)cc1C(=O)O. The lowest BCUT2D eigenvalue weighted by Crippen LogP contribution is -2.22. The fraction of sp³-hybridized carbons (Fsp3) is 0.286. The van der Waals surface area contributed by atoms with Gasteiger partial charge in [0, 0.05) is 14.2 Å². The summed E-state index contributed by atoms with van der Waals surface area (Å²) in [5.41, 5.74) is -1.24. The van der Waals surface area contributed by atoms with E-state index in [1.165, 1.54) is 14.2 Å². The molecule has 24 heavy (non-hydrogen) atoms. The van der Waals surface area contributed by atoms with E-state index in [1.54, 1.807) is 0 Å². The van der Waals surface area contributed by atoms with Crippen molar-refractivity contribution in [1.29, 1.82) is 0 Å². The predicted octanol–water partition coefficient (Wildman–Crippen LogP) is 0.253. The van der Waals surface area contributed by atoms with Gasteiger partial charge in [-0.15, -0.1) is 0 Å². The number of hydrogen-bond donors (Lipinski definition) is 4. The highest BCUT2D eigenvalue weighted by molar-refractivity contribution is 6.08. The van der Waals surface area contributed by atoms with E-state index in [9.17, 15) is 29.4 Å². The van der Waals surface area contributed by atoms with Gasteiger partial charge < -0.3 is 30.3 Å². The molecule has 0 fully saturated rings. The molecule has 0 atom stereocenters. The van der Waals surface area contributed by atoms with Crippen molar-refractivity contribution in [3.63, 3.8) is 0 Å². The maximum atomic E-state index is 11.6. The van der Waals surface area contributed by atoms with E-state index in [2.05, 4.69) is 20.1 Å². The molecule has 0 spiro atoms. The molecule has 4 N–H and O–H groups in total. The van der Waals surface area contributed by atoms with Crippen molar-refractivity contribution in [1.82, 2.24) is 0 Å². The van der Waals surface area contributed by atoms with Gasteiger partial charge in [-0.1, -0.05) is 0 Å². The van der Waals surface area contributed by atoms with Crippen LogP contribution in [0.2, 0.25) is 0 Å². The number of anilines is 2. The minimum absolute atomic E-state index is 0.178. The van der Waals surface area contributed by atoms with Gasteiger partial charge in [0.25, 0.3) is 0 Å². The molecule has 0 heterocycles. The first-order valence-electron chi connectivity index (χ1n) is 6.52. The summed E-state index contributed by atoms with van der Waals surface area (Å²) in [4.78, 5) is 45.8. The highest BCUT2D eigenvalue weighted by Gasteiger charge is 2.21. The summed E-state index contributed by atoms with van der Waals surface area (Å²) in [6.45, 7) is -0.657. The van der Waals surface area contributed by atoms with E-state index in [1.807, 2.05) is 0 Å². The van der Waals surface area contributed by atoms with Crippen LogP contribution in [0.3, 0.4) is 0 Å². The second kappa shape index (κ2) is 8.60. The standard InChI is InChI=1S/C14H16N2O8/c1-23-5-11(17)15-9-4-10(16-12(18)6-24-2)8(14(21)22)3-7(9)13(19)20/h3-4H,5-6H2,1-2H3,(H,15,17)(H,16,18)(H,19,20)(H,21,22). The number of amides is 2. The van der Waals surface area contributed by atoms with Crippen LogP contribution < -0.4 is 10.6 Å². The number of carbonyl (C=O) groups is 4. The summed E-state index contributed by atoms with van der Waals surface area (Å²) in [5, 5.41) is 22.9. The zero-order chi connectivity index (χ0) is 18.3. The van der Waals surface area contributed by atoms with E-state index in [0.29, 0.717) is 0 Å². The first-order chi connectivity index (χ1) is 11.3. The Hall–Kier alpha value is -2.98. The number of carboxylic acid groups (broad SMARTS) is 2. The molecule has 0 saturated carbocycles. The van der Waals surface area contributed by atoms with Crippen molar-refractivity contribution < 1.29 is 38.9 Å². The zero-order valence-corrected chi connectivity index (χ0v) is 12.9. The third-order valence-electron chi connectivity index (χ3n) is 2.72. The number of rotatable bonds is 8. The summed E-state index contributed by atoms with van der Waals surface area (Å²) in [5.74, 6) is -4.17. The summed E-state index contributed by atoms with van der Waals surface area (Å²) < 4.78 is 9.25. The smallest absolute Gasteiger partial charge is 0.337 e. The quantitative estimate of drug-likeness (QED) is 0.526. The molecule has 130 valence electrons. The predicted molar refractivity (Wildman–Crippen MR) is 81.4 cm³/mol. The molecule has 1 aromatic rings. The number of ether oxygens (including phenoxy) is 2. The van der Waals surface area contributed by atoms with Crippen LogP contribution in [0.5, 0.6) is 0 Å². The van der Waals surface area contributed by atoms with Crippen LogP contribution in [0.25, 0.3) is 0 Å². The largest absolute Gasteiger partial charge is 0.478 e. The third kappa shape index (κ3) is 5.04. The van der Waals surface area contributed by atoms with Gasteiger partial charge in [0.2, 0.25) is 11.8 Å². The Bertz CT molecular complexity index is 618. The minimum Gasteiger partial charge on any atom is -0.478 e. The zero-order valence-electron chi connectivity index (χ0n) is 12.9. The molecule has 1 aromatic carbocycles. The first-order valence-corrected chi connectivity index (χ1v) is 6.52. The Morgan fingerprint density at radius 3 is 1.50 bits per heavy atom. The van der Waals surface area contributed by atoms with E-state index < -0.39 is 34.9 Å². The minimum atomic E-state index is -1.44. The Kier molecular flexibility index (Phi) is 6.83. The molecule has 0 aromatic heterocycles. The molecule has 0 saturated heterocycles. The monoisotopic (exact) mass is 340 g/mol. The lowest BCUT2D eigenvalue weighted by molar-refractivity contribution is -0.120. The second-order valence-electron chi connectivity index (χ2n) is 4.52. The van der Waals surface area contributed by atoms with Gasteiger partial charge >= 0.3 is 11.9 Å².